The summed E-state index contributed by atoms with van der Waals surface area (Å²) >= 11 is 0. The molecule has 0 radical (unpaired) electrons. The fraction of sp³-hybridized carbons (Fsp3) is 0.391. The molecule has 28 heavy (non-hydrogen) atoms. The van der Waals surface area contributed by atoms with E-state index in [0.717, 1.165) is 29.8 Å². The number of rotatable bonds is 6. The molecule has 0 spiro atoms. The number of nitrogens with zero attached hydrogens (tertiary/aromatic N) is 2. The Morgan fingerprint density at radius 2 is 2.11 bits per heavy atom. The number of H-pyrrole nitrogens is 1. The van der Waals surface area contributed by atoms with Crippen molar-refractivity contribution in [2.24, 2.45) is 0 Å². The maximum absolute atomic E-state index is 12.3. The summed E-state index contributed by atoms with van der Waals surface area (Å²) in [6.07, 6.45) is 3.37. The number of para-hydroxylation sites is 2. The first-order chi connectivity index (χ1) is 13.6. The van der Waals surface area contributed by atoms with Gasteiger partial charge in [-0.1, -0.05) is 24.3 Å². The van der Waals surface area contributed by atoms with Crippen LogP contribution in [0.25, 0.3) is 11.0 Å². The van der Waals surface area contributed by atoms with Crippen LogP contribution in [0.2, 0.25) is 0 Å². The molecule has 2 heterocycles. The van der Waals surface area contributed by atoms with E-state index < -0.39 is 0 Å². The summed E-state index contributed by atoms with van der Waals surface area (Å²) in [4.78, 5) is 22.5. The zero-order valence-corrected chi connectivity index (χ0v) is 16.7. The number of benzene rings is 2. The lowest BCUT2D eigenvalue weighted by Crippen LogP contribution is -2.35. The van der Waals surface area contributed by atoms with Crippen molar-refractivity contribution in [3.05, 3.63) is 59.4 Å². The van der Waals surface area contributed by atoms with E-state index in [1.807, 2.05) is 24.3 Å². The highest BCUT2D eigenvalue weighted by molar-refractivity contribution is 5.77. The van der Waals surface area contributed by atoms with Gasteiger partial charge in [-0.3, -0.25) is 4.79 Å². The van der Waals surface area contributed by atoms with Gasteiger partial charge in [-0.25, -0.2) is 4.98 Å². The highest BCUT2D eigenvalue weighted by Crippen LogP contribution is 2.29. The Kier molecular flexibility index (Phi) is 5.33. The topological polar surface area (TPSA) is 61.0 Å². The quantitative estimate of drug-likeness (QED) is 0.684. The molecule has 5 heteroatoms. The van der Waals surface area contributed by atoms with Crippen molar-refractivity contribution in [2.45, 2.75) is 52.1 Å². The molecule has 0 aliphatic carbocycles. The van der Waals surface area contributed by atoms with E-state index in [4.69, 9.17) is 0 Å². The third kappa shape index (κ3) is 4.03. The van der Waals surface area contributed by atoms with Gasteiger partial charge in [0.05, 0.1) is 11.0 Å². The van der Waals surface area contributed by atoms with Crippen LogP contribution in [0, 0.1) is 0 Å². The Bertz CT molecular complexity index is 943. The molecule has 5 nitrogen and oxygen atoms in total. The lowest BCUT2D eigenvalue weighted by molar-refractivity contribution is -0.121. The van der Waals surface area contributed by atoms with Crippen LogP contribution in [0.5, 0.6) is 0 Å². The number of hydrogen-bond donors (Lipinski definition) is 2. The number of anilines is 1. The number of aromatic nitrogens is 2. The minimum Gasteiger partial charge on any atom is -0.369 e. The van der Waals surface area contributed by atoms with Gasteiger partial charge in [0.1, 0.15) is 5.82 Å². The van der Waals surface area contributed by atoms with Gasteiger partial charge in [0.15, 0.2) is 0 Å². The minimum atomic E-state index is 0.0574. The van der Waals surface area contributed by atoms with Gasteiger partial charge in [0, 0.05) is 37.7 Å². The fourth-order valence-corrected chi connectivity index (χ4v) is 3.97. The van der Waals surface area contributed by atoms with Gasteiger partial charge in [-0.05, 0) is 56.0 Å². The zero-order valence-electron chi connectivity index (χ0n) is 16.7. The summed E-state index contributed by atoms with van der Waals surface area (Å²) in [6, 6.07) is 15.1. The van der Waals surface area contributed by atoms with Crippen LogP contribution < -0.4 is 10.2 Å². The van der Waals surface area contributed by atoms with Gasteiger partial charge in [-0.15, -0.1) is 0 Å². The molecule has 1 aromatic heterocycles. The maximum atomic E-state index is 12.3. The molecule has 1 amide bonds. The number of hydrogen-bond acceptors (Lipinski definition) is 3. The van der Waals surface area contributed by atoms with Crippen LogP contribution in [0.4, 0.5) is 5.69 Å². The largest absolute Gasteiger partial charge is 0.369 e. The van der Waals surface area contributed by atoms with Crippen LogP contribution >= 0.6 is 0 Å². The van der Waals surface area contributed by atoms with Crippen molar-refractivity contribution in [3.8, 4) is 0 Å². The number of imidazole rings is 1. The number of aromatic amines is 1. The van der Waals surface area contributed by atoms with E-state index in [1.54, 1.807) is 0 Å². The smallest absolute Gasteiger partial charge is 0.220 e. The predicted octanol–water partition coefficient (Wildman–Crippen LogP) is 3.97. The van der Waals surface area contributed by atoms with Crippen molar-refractivity contribution < 1.29 is 4.79 Å². The van der Waals surface area contributed by atoms with Crippen LogP contribution in [0.1, 0.15) is 43.6 Å². The minimum absolute atomic E-state index is 0.0574. The van der Waals surface area contributed by atoms with E-state index in [0.29, 0.717) is 25.4 Å². The third-order valence-electron chi connectivity index (χ3n) is 5.44. The molecule has 0 fully saturated rings. The van der Waals surface area contributed by atoms with Gasteiger partial charge >= 0.3 is 0 Å². The highest BCUT2D eigenvalue weighted by atomic mass is 16.1. The first kappa shape index (κ1) is 18.5. The molecule has 1 aliphatic heterocycles. The molecule has 146 valence electrons. The molecule has 0 saturated heterocycles. The molecule has 1 aliphatic rings. The second-order valence-corrected chi connectivity index (χ2v) is 7.83. The highest BCUT2D eigenvalue weighted by Gasteiger charge is 2.19. The summed E-state index contributed by atoms with van der Waals surface area (Å²) in [5.74, 6) is 0.917. The average Bonchev–Trinajstić information content (AvgIpc) is 3.13. The van der Waals surface area contributed by atoms with Crippen molar-refractivity contribution in [1.82, 2.24) is 15.3 Å². The predicted molar refractivity (Wildman–Crippen MR) is 114 cm³/mol. The van der Waals surface area contributed by atoms with Crippen LogP contribution in [-0.4, -0.2) is 28.5 Å². The van der Waals surface area contributed by atoms with E-state index >= 15 is 0 Å². The summed E-state index contributed by atoms with van der Waals surface area (Å²) in [5.41, 5.74) is 5.88. The van der Waals surface area contributed by atoms with Crippen molar-refractivity contribution in [3.63, 3.8) is 0 Å². The zero-order chi connectivity index (χ0) is 19.5. The molecular formula is C23H28N4O. The maximum Gasteiger partial charge on any atom is 0.220 e. The summed E-state index contributed by atoms with van der Waals surface area (Å²) < 4.78 is 0. The standard InChI is InChI=1S/C23H28N4O/c1-16(2)27-13-5-6-18-14-17(9-10-21(18)27)15-24-23(28)12-11-22-25-19-7-3-4-8-20(19)26-22/h3-4,7-10,14,16H,5-6,11-13,15H2,1-2H3,(H,24,28)(H,25,26). The molecule has 2 aromatic carbocycles. The van der Waals surface area contributed by atoms with Crippen LogP contribution in [0.15, 0.2) is 42.5 Å². The van der Waals surface area contributed by atoms with Crippen LogP contribution in [0.3, 0.4) is 0 Å². The number of amides is 1. The first-order valence-electron chi connectivity index (χ1n) is 10.2. The summed E-state index contributed by atoms with van der Waals surface area (Å²) in [6.45, 7) is 6.19. The number of carbonyl (C=O) groups excluding carboxylic acids is 1. The van der Waals surface area contributed by atoms with Gasteiger partial charge < -0.3 is 15.2 Å². The second-order valence-electron chi connectivity index (χ2n) is 7.83. The van der Waals surface area contributed by atoms with E-state index in [9.17, 15) is 4.79 Å². The Labute approximate surface area is 166 Å². The molecule has 0 unspecified atom stereocenters. The second kappa shape index (κ2) is 8.05. The number of carbonyl (C=O) groups is 1. The lowest BCUT2D eigenvalue weighted by atomic mass is 9.98. The van der Waals surface area contributed by atoms with Crippen LogP contribution in [-0.2, 0) is 24.2 Å². The van der Waals surface area contributed by atoms with Crippen molar-refractivity contribution in [1.29, 1.82) is 0 Å². The number of aryl methyl sites for hydroxylation is 2. The Morgan fingerprint density at radius 3 is 2.93 bits per heavy atom. The summed E-state index contributed by atoms with van der Waals surface area (Å²) in [7, 11) is 0. The first-order valence-corrected chi connectivity index (χ1v) is 10.2. The Balaban J connectivity index is 1.32. The Hall–Kier alpha value is -2.82. The van der Waals surface area contributed by atoms with E-state index in [2.05, 4.69) is 52.2 Å². The van der Waals surface area contributed by atoms with E-state index in [-0.39, 0.29) is 5.91 Å². The van der Waals surface area contributed by atoms with Crippen molar-refractivity contribution in [2.75, 3.05) is 11.4 Å². The van der Waals surface area contributed by atoms with E-state index in [1.165, 1.54) is 23.2 Å². The molecule has 0 atom stereocenters. The monoisotopic (exact) mass is 376 g/mol. The molecule has 4 rings (SSSR count). The molecule has 3 aromatic rings. The average molecular weight is 377 g/mol. The van der Waals surface area contributed by atoms with Gasteiger partial charge in [-0.2, -0.15) is 0 Å². The fourth-order valence-electron chi connectivity index (χ4n) is 3.97. The lowest BCUT2D eigenvalue weighted by Gasteiger charge is -2.35. The van der Waals surface area contributed by atoms with Gasteiger partial charge in [0.25, 0.3) is 0 Å². The Morgan fingerprint density at radius 1 is 1.25 bits per heavy atom. The molecular weight excluding hydrogens is 348 g/mol. The third-order valence-corrected chi connectivity index (χ3v) is 5.44. The molecule has 0 saturated carbocycles. The number of fused-ring (bicyclic) bond motifs is 2. The van der Waals surface area contributed by atoms with Crippen molar-refractivity contribution >= 4 is 22.6 Å². The number of nitrogens with one attached hydrogen (secondary N) is 2. The summed E-state index contributed by atoms with van der Waals surface area (Å²) in [5, 5.41) is 3.05. The normalized spacial score (nSPS) is 13.8. The van der Waals surface area contributed by atoms with Gasteiger partial charge in [0.2, 0.25) is 5.91 Å². The SMILES string of the molecule is CC(C)N1CCCc2cc(CNC(=O)CCc3nc4ccccc4[nH]3)ccc21. The molecule has 0 bridgehead atoms. The molecule has 2 N–H and O–H groups in total.